The Bertz CT molecular complexity index is 525. The van der Waals surface area contributed by atoms with Crippen LogP contribution in [0.15, 0.2) is 24.3 Å². The van der Waals surface area contributed by atoms with E-state index in [1.54, 1.807) is 0 Å². The number of nitrogens with two attached hydrogens (primary N) is 1. The minimum Gasteiger partial charge on any atom is -0.493 e. The summed E-state index contributed by atoms with van der Waals surface area (Å²) in [5.41, 5.74) is 6.70. The molecule has 0 heterocycles. The average Bonchev–Trinajstić information content (AvgIpc) is 2.58. The molecular weight excluding hydrogens is 421 g/mol. The highest BCUT2D eigenvalue weighted by Gasteiger charge is 2.28. The fourth-order valence-corrected chi connectivity index (χ4v) is 3.70. The zero-order valence-electron chi connectivity index (χ0n) is 14.1. The van der Waals surface area contributed by atoms with Crippen molar-refractivity contribution in [1.82, 2.24) is 0 Å². The van der Waals surface area contributed by atoms with Crippen molar-refractivity contribution >= 4 is 29.0 Å². The van der Waals surface area contributed by atoms with E-state index in [1.807, 2.05) is 47.3 Å². The van der Waals surface area contributed by atoms with Gasteiger partial charge in [0, 0.05) is 12.8 Å². The van der Waals surface area contributed by atoms with Crippen LogP contribution in [0.25, 0.3) is 0 Å². The van der Waals surface area contributed by atoms with Crippen LogP contribution in [0.2, 0.25) is 0 Å². The second-order valence-electron chi connectivity index (χ2n) is 6.23. The second-order valence-corrected chi connectivity index (χ2v) is 6.74. The highest BCUT2D eigenvalue weighted by Crippen LogP contribution is 2.30. The molecule has 0 radical (unpaired) electrons. The van der Waals surface area contributed by atoms with Crippen LogP contribution in [-0.2, 0) is 12.6 Å². The van der Waals surface area contributed by atoms with Crippen molar-refractivity contribution in [2.75, 3.05) is 13.2 Å². The largest absolute Gasteiger partial charge is 0.493 e. The van der Waals surface area contributed by atoms with Gasteiger partial charge in [-0.05, 0) is 49.9 Å². The van der Waals surface area contributed by atoms with E-state index < -0.39 is 0 Å². The van der Waals surface area contributed by atoms with E-state index in [9.17, 15) is 4.79 Å². The van der Waals surface area contributed by atoms with E-state index in [0.717, 1.165) is 43.4 Å². The molecule has 1 saturated carbocycles. The van der Waals surface area contributed by atoms with Crippen molar-refractivity contribution in [3.8, 4) is 5.75 Å². The molecule has 1 aromatic carbocycles. The third-order valence-electron chi connectivity index (χ3n) is 4.39. The normalized spacial score (nSPS) is 22.0. The smallest absolute Gasteiger partial charge is 0.302 e. The lowest BCUT2D eigenvalue weighted by Gasteiger charge is -2.30. The number of ether oxygens (including phenoxy) is 2. The second kappa shape index (κ2) is 10.2. The average molecular weight is 447 g/mol. The molecule has 1 aromatic rings. The van der Waals surface area contributed by atoms with Gasteiger partial charge < -0.3 is 18.3 Å². The van der Waals surface area contributed by atoms with Crippen LogP contribution in [0.5, 0.6) is 5.75 Å². The first-order valence-electron chi connectivity index (χ1n) is 8.51. The van der Waals surface area contributed by atoms with Crippen LogP contribution in [0.1, 0.15) is 50.7 Å². The number of hydrogen-bond donors (Lipinski definition) is 1. The summed E-state index contributed by atoms with van der Waals surface area (Å²) in [5, 5.41) is 0. The van der Waals surface area contributed by atoms with Crippen molar-refractivity contribution in [3.05, 3.63) is 29.8 Å². The summed E-state index contributed by atoms with van der Waals surface area (Å²) in [6.45, 7) is 2.61. The number of rotatable bonds is 8. The first kappa shape index (κ1) is 19.5. The van der Waals surface area contributed by atoms with E-state index in [0.29, 0.717) is 13.2 Å². The molecule has 0 aromatic heterocycles. The Kier molecular flexibility index (Phi) is 8.28. The van der Waals surface area contributed by atoms with Gasteiger partial charge in [-0.2, -0.15) is 0 Å². The summed E-state index contributed by atoms with van der Waals surface area (Å²) in [5.74, 6) is 0.861. The van der Waals surface area contributed by atoms with Crippen LogP contribution in [0.4, 0.5) is 0 Å². The highest BCUT2D eigenvalue weighted by molar-refractivity contribution is 14.1. The number of benzene rings is 1. The molecule has 134 valence electrons. The Morgan fingerprint density at radius 3 is 2.88 bits per heavy atom. The summed E-state index contributed by atoms with van der Waals surface area (Å²) in [6, 6.07) is 7.94. The third kappa shape index (κ3) is 5.89. The maximum Gasteiger partial charge on any atom is 0.302 e. The van der Waals surface area contributed by atoms with Crippen LogP contribution in [0.3, 0.4) is 0 Å². The quantitative estimate of drug-likeness (QED) is 0.483. The topological polar surface area (TPSA) is 70.8 Å². The Morgan fingerprint density at radius 2 is 2.17 bits per heavy atom. The maximum atomic E-state index is 11.3. The molecule has 5 nitrogen and oxygen atoms in total. The predicted molar refractivity (Wildman–Crippen MR) is 101 cm³/mol. The Balaban J connectivity index is 1.96. The first-order chi connectivity index (χ1) is 11.6. The number of hydrogen-bond acceptors (Lipinski definition) is 5. The van der Waals surface area contributed by atoms with Crippen LogP contribution < -0.4 is 10.5 Å². The molecule has 0 unspecified atom stereocenters. The zero-order chi connectivity index (χ0) is 17.4. The van der Waals surface area contributed by atoms with Crippen LogP contribution in [0, 0.1) is 5.92 Å². The molecule has 0 bridgehead atoms. The van der Waals surface area contributed by atoms with E-state index in [1.165, 1.54) is 6.92 Å². The van der Waals surface area contributed by atoms with Crippen molar-refractivity contribution in [1.29, 1.82) is 0 Å². The minimum atomic E-state index is -0.210. The van der Waals surface area contributed by atoms with E-state index in [2.05, 4.69) is 0 Å². The molecule has 1 aliphatic carbocycles. The maximum absolute atomic E-state index is 11.3. The summed E-state index contributed by atoms with van der Waals surface area (Å²) in [6.07, 6.45) is 4.94. The van der Waals surface area contributed by atoms with E-state index in [-0.39, 0.29) is 24.1 Å². The van der Waals surface area contributed by atoms with Crippen LogP contribution >= 0.6 is 23.0 Å². The Hall–Kier alpha value is -0.860. The predicted octanol–water partition coefficient (Wildman–Crippen LogP) is 3.94. The SMILES string of the molecule is CC(=O)O[C@@H]1CCCC[C@H]1COc1cccc([C@@H](CCN)OI)c1. The van der Waals surface area contributed by atoms with Crippen LogP contribution in [-0.4, -0.2) is 25.2 Å². The standard InChI is InChI=1S/C18H26INO4/c1-13(21)23-17-8-3-2-5-15(17)12-22-16-7-4-6-14(11-16)18(24-19)9-10-20/h4,6-7,11,15,17-18H,2-3,5,8-10,12,20H2,1H3/t15-,17+,18+/m0/s1. The van der Waals surface area contributed by atoms with Gasteiger partial charge in [0.15, 0.2) is 0 Å². The number of carbonyl (C=O) groups is 1. The van der Waals surface area contributed by atoms with Gasteiger partial charge >= 0.3 is 5.97 Å². The third-order valence-corrected chi connectivity index (χ3v) is 5.00. The van der Waals surface area contributed by atoms with Gasteiger partial charge in [0.05, 0.1) is 12.7 Å². The summed E-state index contributed by atoms with van der Waals surface area (Å²) in [7, 11) is 0. The molecule has 0 saturated heterocycles. The summed E-state index contributed by atoms with van der Waals surface area (Å²) < 4.78 is 16.9. The first-order valence-corrected chi connectivity index (χ1v) is 9.39. The van der Waals surface area contributed by atoms with Crippen molar-refractivity contribution in [2.45, 2.75) is 51.2 Å². The monoisotopic (exact) mass is 447 g/mol. The molecule has 2 N–H and O–H groups in total. The number of halogens is 1. The molecule has 2 rings (SSSR count). The van der Waals surface area contributed by atoms with E-state index >= 15 is 0 Å². The molecular formula is C18H26INO4. The Morgan fingerprint density at radius 1 is 1.38 bits per heavy atom. The lowest BCUT2D eigenvalue weighted by molar-refractivity contribution is -0.151. The molecule has 0 amide bonds. The lowest BCUT2D eigenvalue weighted by atomic mass is 9.87. The van der Waals surface area contributed by atoms with Gasteiger partial charge in [0.2, 0.25) is 0 Å². The molecule has 3 atom stereocenters. The number of esters is 1. The zero-order valence-corrected chi connectivity index (χ0v) is 16.2. The van der Waals surface area contributed by atoms with E-state index in [4.69, 9.17) is 18.3 Å². The van der Waals surface area contributed by atoms with Crippen molar-refractivity contribution in [2.24, 2.45) is 11.7 Å². The minimum absolute atomic E-state index is 0.0253. The fourth-order valence-electron chi connectivity index (χ4n) is 3.15. The van der Waals surface area contributed by atoms with Gasteiger partial charge in [-0.1, -0.05) is 18.6 Å². The van der Waals surface area contributed by atoms with Crippen molar-refractivity contribution < 1.29 is 17.3 Å². The Labute approximate surface area is 157 Å². The van der Waals surface area contributed by atoms with Gasteiger partial charge in [-0.15, -0.1) is 0 Å². The fraction of sp³-hybridized carbons (Fsp3) is 0.611. The van der Waals surface area contributed by atoms with Gasteiger partial charge in [0.1, 0.15) is 34.9 Å². The molecule has 0 spiro atoms. The van der Waals surface area contributed by atoms with Crippen molar-refractivity contribution in [3.63, 3.8) is 0 Å². The summed E-state index contributed by atoms with van der Waals surface area (Å²) >= 11 is 1.91. The molecule has 6 heteroatoms. The molecule has 1 aliphatic rings. The van der Waals surface area contributed by atoms with Gasteiger partial charge in [-0.3, -0.25) is 4.79 Å². The van der Waals surface area contributed by atoms with Gasteiger partial charge in [-0.25, -0.2) is 0 Å². The highest BCUT2D eigenvalue weighted by atomic mass is 127. The lowest BCUT2D eigenvalue weighted by Crippen LogP contribution is -2.33. The molecule has 1 fully saturated rings. The van der Waals surface area contributed by atoms with Gasteiger partial charge in [0.25, 0.3) is 0 Å². The molecule has 24 heavy (non-hydrogen) atoms. The number of carbonyl (C=O) groups excluding carboxylic acids is 1. The molecule has 0 aliphatic heterocycles. The summed E-state index contributed by atoms with van der Waals surface area (Å²) in [4.78, 5) is 11.3.